The van der Waals surface area contributed by atoms with Gasteiger partial charge in [-0.3, -0.25) is 9.79 Å². The molecule has 1 saturated heterocycles. The summed E-state index contributed by atoms with van der Waals surface area (Å²) >= 11 is 0. The average molecular weight is 483 g/mol. The van der Waals surface area contributed by atoms with Gasteiger partial charge in [-0.25, -0.2) is 18.7 Å². The third-order valence-corrected chi connectivity index (χ3v) is 6.06. The van der Waals surface area contributed by atoms with Crippen molar-refractivity contribution in [1.29, 1.82) is 0 Å². The molecule has 0 amide bonds. The minimum Gasteiger partial charge on any atom is -0.378 e. The maximum absolute atomic E-state index is 15.4. The van der Waals surface area contributed by atoms with Crippen LogP contribution in [0.2, 0.25) is 0 Å². The molecule has 9 heteroatoms. The van der Waals surface area contributed by atoms with E-state index < -0.39 is 17.7 Å². The first-order valence-corrected chi connectivity index (χ1v) is 11.7. The van der Waals surface area contributed by atoms with Gasteiger partial charge in [0, 0.05) is 43.6 Å². The number of benzene rings is 2. The number of aromatic nitrogens is 2. The SMILES string of the molecule is CCN=C(C(=O)c1ccc(F)c(-c2ncnc3cc(N4CCOCC4)cc(F)c23)c1)C(CC)OC. The van der Waals surface area contributed by atoms with E-state index in [0.717, 1.165) is 0 Å². The molecule has 0 spiro atoms. The molecule has 0 aliphatic carbocycles. The van der Waals surface area contributed by atoms with Crippen molar-refractivity contribution in [2.75, 3.05) is 44.9 Å². The lowest BCUT2D eigenvalue weighted by atomic mass is 9.97. The number of carbonyl (C=O) groups is 1. The van der Waals surface area contributed by atoms with Crippen LogP contribution in [-0.2, 0) is 9.47 Å². The predicted octanol–water partition coefficient (Wildman–Crippen LogP) is 4.48. The highest BCUT2D eigenvalue weighted by atomic mass is 19.1. The van der Waals surface area contributed by atoms with Gasteiger partial charge in [0.15, 0.2) is 0 Å². The summed E-state index contributed by atoms with van der Waals surface area (Å²) in [6.07, 6.45) is 1.35. The highest BCUT2D eigenvalue weighted by Crippen LogP contribution is 2.33. The van der Waals surface area contributed by atoms with Gasteiger partial charge in [-0.15, -0.1) is 0 Å². The molecular formula is C26H28F2N4O3. The number of halogens is 2. The van der Waals surface area contributed by atoms with Crippen LogP contribution in [0.5, 0.6) is 0 Å². The number of anilines is 1. The molecule has 0 radical (unpaired) electrons. The number of ether oxygens (including phenoxy) is 2. The number of methoxy groups -OCH3 is 1. The van der Waals surface area contributed by atoms with E-state index in [4.69, 9.17) is 9.47 Å². The smallest absolute Gasteiger partial charge is 0.209 e. The molecule has 1 aliphatic heterocycles. The van der Waals surface area contributed by atoms with Gasteiger partial charge in [0.1, 0.15) is 29.8 Å². The van der Waals surface area contributed by atoms with Gasteiger partial charge in [0.2, 0.25) is 5.78 Å². The quantitative estimate of drug-likeness (QED) is 0.348. The molecule has 184 valence electrons. The van der Waals surface area contributed by atoms with E-state index in [1.54, 1.807) is 6.07 Å². The van der Waals surface area contributed by atoms with Crippen LogP contribution < -0.4 is 4.90 Å². The Morgan fingerprint density at radius 2 is 1.91 bits per heavy atom. The van der Waals surface area contributed by atoms with Crippen molar-refractivity contribution in [3.05, 3.63) is 53.9 Å². The first-order valence-electron chi connectivity index (χ1n) is 11.7. The fraction of sp³-hybridized carbons (Fsp3) is 0.385. The number of rotatable bonds is 8. The molecule has 0 N–H and O–H groups in total. The minimum atomic E-state index is -0.619. The Morgan fingerprint density at radius 3 is 2.60 bits per heavy atom. The zero-order valence-corrected chi connectivity index (χ0v) is 20.1. The van der Waals surface area contributed by atoms with E-state index in [-0.39, 0.29) is 33.7 Å². The third kappa shape index (κ3) is 5.06. The van der Waals surface area contributed by atoms with Gasteiger partial charge in [-0.05, 0) is 43.7 Å². The van der Waals surface area contributed by atoms with Crippen LogP contribution >= 0.6 is 0 Å². The van der Waals surface area contributed by atoms with E-state index in [9.17, 15) is 4.79 Å². The molecule has 1 unspecified atom stereocenters. The predicted molar refractivity (Wildman–Crippen MR) is 131 cm³/mol. The lowest BCUT2D eigenvalue weighted by molar-refractivity contribution is 0.102. The number of hydrogen-bond acceptors (Lipinski definition) is 7. The monoisotopic (exact) mass is 482 g/mol. The van der Waals surface area contributed by atoms with E-state index in [2.05, 4.69) is 15.0 Å². The molecular weight excluding hydrogens is 454 g/mol. The molecule has 2 heterocycles. The normalized spacial score (nSPS) is 15.5. The Bertz CT molecular complexity index is 1250. The van der Waals surface area contributed by atoms with Gasteiger partial charge >= 0.3 is 0 Å². The maximum atomic E-state index is 15.4. The third-order valence-electron chi connectivity index (χ3n) is 6.06. The summed E-state index contributed by atoms with van der Waals surface area (Å²) in [7, 11) is 1.52. The molecule has 1 aromatic heterocycles. The molecule has 2 aromatic carbocycles. The zero-order valence-electron chi connectivity index (χ0n) is 20.1. The van der Waals surface area contributed by atoms with Gasteiger partial charge in [-0.2, -0.15) is 0 Å². The van der Waals surface area contributed by atoms with Gasteiger partial charge < -0.3 is 14.4 Å². The number of fused-ring (bicyclic) bond motifs is 1. The minimum absolute atomic E-state index is 0.0163. The highest BCUT2D eigenvalue weighted by molar-refractivity contribution is 6.47. The van der Waals surface area contributed by atoms with Crippen LogP contribution in [0.15, 0.2) is 41.7 Å². The molecule has 7 nitrogen and oxygen atoms in total. The summed E-state index contributed by atoms with van der Waals surface area (Å²) in [5.74, 6) is -1.55. The van der Waals surface area contributed by atoms with Crippen molar-refractivity contribution >= 4 is 28.1 Å². The van der Waals surface area contributed by atoms with E-state index >= 15 is 8.78 Å². The molecule has 1 atom stereocenters. The molecule has 0 saturated carbocycles. The second-order valence-electron chi connectivity index (χ2n) is 8.16. The lowest BCUT2D eigenvalue weighted by Crippen LogP contribution is -2.36. The standard InChI is InChI=1S/C26H28F2N4O3/c1-4-22(34-3)25(29-5-2)26(33)16-6-7-19(27)18(12-16)24-23-20(28)13-17(14-21(23)30-15-31-24)32-8-10-35-11-9-32/h6-7,12-15,22H,4-5,8-11H2,1-3H3. The Kier molecular flexibility index (Phi) is 7.77. The summed E-state index contributed by atoms with van der Waals surface area (Å²) in [4.78, 5) is 28.1. The van der Waals surface area contributed by atoms with Crippen LogP contribution in [-0.4, -0.2) is 67.5 Å². The topological polar surface area (TPSA) is 76.9 Å². The van der Waals surface area contributed by atoms with Crippen molar-refractivity contribution < 1.29 is 23.0 Å². The first kappa shape index (κ1) is 24.8. The van der Waals surface area contributed by atoms with Gasteiger partial charge in [0.05, 0.1) is 29.8 Å². The summed E-state index contributed by atoms with van der Waals surface area (Å²) in [6.45, 7) is 6.53. The largest absolute Gasteiger partial charge is 0.378 e. The maximum Gasteiger partial charge on any atom is 0.209 e. The number of Topliss-reactive ketones (excluding diaryl/α,β-unsaturated/α-hetero) is 1. The number of morpholine rings is 1. The second-order valence-corrected chi connectivity index (χ2v) is 8.16. The van der Waals surface area contributed by atoms with Crippen molar-refractivity contribution in [2.24, 2.45) is 4.99 Å². The number of hydrogen-bond donors (Lipinski definition) is 0. The number of carbonyl (C=O) groups excluding carboxylic acids is 1. The van der Waals surface area contributed by atoms with Crippen LogP contribution in [0.25, 0.3) is 22.2 Å². The van der Waals surface area contributed by atoms with Gasteiger partial charge in [-0.1, -0.05) is 6.92 Å². The number of aliphatic imine (C=N–C) groups is 1. The summed E-state index contributed by atoms with van der Waals surface area (Å²) in [5, 5.41) is 0.0961. The Labute approximate surface area is 202 Å². The summed E-state index contributed by atoms with van der Waals surface area (Å²) < 4.78 is 41.2. The molecule has 4 rings (SSSR count). The van der Waals surface area contributed by atoms with Gasteiger partial charge in [0.25, 0.3) is 0 Å². The molecule has 3 aromatic rings. The molecule has 1 fully saturated rings. The Morgan fingerprint density at radius 1 is 1.14 bits per heavy atom. The molecule has 1 aliphatic rings. The van der Waals surface area contributed by atoms with Crippen molar-refractivity contribution in [3.8, 4) is 11.3 Å². The lowest BCUT2D eigenvalue weighted by Gasteiger charge is -2.29. The molecule has 35 heavy (non-hydrogen) atoms. The van der Waals surface area contributed by atoms with Crippen molar-refractivity contribution in [1.82, 2.24) is 9.97 Å². The fourth-order valence-electron chi connectivity index (χ4n) is 4.29. The molecule has 0 bridgehead atoms. The Balaban J connectivity index is 1.79. The van der Waals surface area contributed by atoms with E-state index in [1.165, 1.54) is 37.7 Å². The van der Waals surface area contributed by atoms with Crippen LogP contribution in [0.4, 0.5) is 14.5 Å². The zero-order chi connectivity index (χ0) is 24.9. The van der Waals surface area contributed by atoms with Crippen LogP contribution in [0.1, 0.15) is 30.6 Å². The first-order chi connectivity index (χ1) is 17.0. The van der Waals surface area contributed by atoms with E-state index in [0.29, 0.717) is 50.5 Å². The fourth-order valence-corrected chi connectivity index (χ4v) is 4.29. The second kappa shape index (κ2) is 11.0. The summed E-state index contributed by atoms with van der Waals surface area (Å²) in [5.41, 5.74) is 1.62. The number of nitrogens with zero attached hydrogens (tertiary/aromatic N) is 4. The Hall–Kier alpha value is -3.30. The number of ketones is 1. The highest BCUT2D eigenvalue weighted by Gasteiger charge is 2.25. The van der Waals surface area contributed by atoms with Crippen LogP contribution in [0, 0.1) is 11.6 Å². The van der Waals surface area contributed by atoms with Crippen molar-refractivity contribution in [2.45, 2.75) is 26.4 Å². The average Bonchev–Trinajstić information content (AvgIpc) is 2.89. The van der Waals surface area contributed by atoms with Crippen LogP contribution in [0.3, 0.4) is 0 Å². The summed E-state index contributed by atoms with van der Waals surface area (Å²) in [6, 6.07) is 7.14. The van der Waals surface area contributed by atoms with Crippen molar-refractivity contribution in [3.63, 3.8) is 0 Å². The van der Waals surface area contributed by atoms with E-state index in [1.807, 2.05) is 18.7 Å².